The van der Waals surface area contributed by atoms with Crippen molar-refractivity contribution < 1.29 is 14.2 Å². The van der Waals surface area contributed by atoms with Gasteiger partial charge in [-0.25, -0.2) is 10.8 Å². The van der Waals surface area contributed by atoms with Gasteiger partial charge in [0.1, 0.15) is 5.60 Å². The van der Waals surface area contributed by atoms with Gasteiger partial charge in [-0.15, -0.1) is 0 Å². The fourth-order valence-corrected chi connectivity index (χ4v) is 1.84. The molecular weight excluding hydrogens is 248 g/mol. The highest BCUT2D eigenvalue weighted by Crippen LogP contribution is 2.22. The van der Waals surface area contributed by atoms with Crippen molar-refractivity contribution in [2.24, 2.45) is 10.8 Å². The maximum Gasteiger partial charge on any atom is 0.205 e. The Hall–Kier alpha value is -0.890. The summed E-state index contributed by atoms with van der Waals surface area (Å²) in [6, 6.07) is 0. The topological polar surface area (TPSA) is 90.1 Å². The van der Waals surface area contributed by atoms with Crippen LogP contribution in [0.15, 0.2) is 4.99 Å². The third kappa shape index (κ3) is 5.73. The maximum atomic E-state index is 5.50. The predicted molar refractivity (Wildman–Crippen MR) is 73.9 cm³/mol. The number of ether oxygens (including phenoxy) is 3. The van der Waals surface area contributed by atoms with Gasteiger partial charge in [0, 0.05) is 39.9 Å². The Morgan fingerprint density at radius 1 is 1.53 bits per heavy atom. The molecule has 112 valence electrons. The average Bonchev–Trinajstić information content (AvgIpc) is 2.91. The summed E-state index contributed by atoms with van der Waals surface area (Å²) >= 11 is 0. The van der Waals surface area contributed by atoms with Crippen LogP contribution in [-0.2, 0) is 14.2 Å². The van der Waals surface area contributed by atoms with Gasteiger partial charge in [-0.05, 0) is 13.3 Å². The lowest BCUT2D eigenvalue weighted by Crippen LogP contribution is -2.44. The molecule has 1 atom stereocenters. The van der Waals surface area contributed by atoms with E-state index in [1.54, 1.807) is 7.11 Å². The molecule has 1 saturated heterocycles. The first-order chi connectivity index (χ1) is 9.26. The van der Waals surface area contributed by atoms with Gasteiger partial charge < -0.3 is 19.5 Å². The first-order valence-corrected chi connectivity index (χ1v) is 6.72. The number of guanidine groups is 1. The maximum absolute atomic E-state index is 5.50. The van der Waals surface area contributed by atoms with E-state index in [9.17, 15) is 0 Å². The molecule has 4 N–H and O–H groups in total. The monoisotopic (exact) mass is 274 g/mol. The fraction of sp³-hybridized carbons (Fsp3) is 0.917. The molecule has 7 heteroatoms. The number of hydrogen-bond donors (Lipinski definition) is 3. The second-order valence-electron chi connectivity index (χ2n) is 4.48. The summed E-state index contributed by atoms with van der Waals surface area (Å²) in [6.07, 6.45) is 1.77. The Morgan fingerprint density at radius 3 is 2.95 bits per heavy atom. The van der Waals surface area contributed by atoms with Crippen molar-refractivity contribution in [2.75, 3.05) is 46.6 Å². The van der Waals surface area contributed by atoms with Crippen LogP contribution in [0.1, 0.15) is 19.8 Å². The zero-order valence-corrected chi connectivity index (χ0v) is 11.9. The molecule has 0 aliphatic carbocycles. The molecule has 0 spiro atoms. The van der Waals surface area contributed by atoms with Gasteiger partial charge in [-0.1, -0.05) is 0 Å². The fourth-order valence-electron chi connectivity index (χ4n) is 1.84. The number of methoxy groups -OCH3 is 1. The predicted octanol–water partition coefficient (Wildman–Crippen LogP) is -0.373. The lowest BCUT2D eigenvalue weighted by Gasteiger charge is -2.23. The Bertz CT molecular complexity index is 268. The molecule has 0 saturated carbocycles. The lowest BCUT2D eigenvalue weighted by atomic mass is 10.0. The van der Waals surface area contributed by atoms with E-state index < -0.39 is 0 Å². The first-order valence-electron chi connectivity index (χ1n) is 6.72. The second kappa shape index (κ2) is 9.08. The molecule has 1 aliphatic heterocycles. The Kier molecular flexibility index (Phi) is 7.73. The summed E-state index contributed by atoms with van der Waals surface area (Å²) in [4.78, 5) is 4.41. The van der Waals surface area contributed by atoms with Crippen LogP contribution >= 0.6 is 0 Å². The van der Waals surface area contributed by atoms with Crippen molar-refractivity contribution in [1.29, 1.82) is 0 Å². The summed E-state index contributed by atoms with van der Waals surface area (Å²) in [6.45, 7) is 6.05. The molecule has 1 heterocycles. The third-order valence-corrected chi connectivity index (χ3v) is 3.12. The molecule has 7 nitrogen and oxygen atoms in total. The summed E-state index contributed by atoms with van der Waals surface area (Å²) in [5.74, 6) is 6.01. The molecule has 1 fully saturated rings. The number of hydrazine groups is 1. The Balaban J connectivity index is 2.30. The zero-order valence-electron chi connectivity index (χ0n) is 11.9. The quantitative estimate of drug-likeness (QED) is 0.184. The first kappa shape index (κ1) is 16.2. The number of nitrogens with two attached hydrogens (primary N) is 1. The number of hydrogen-bond acceptors (Lipinski definition) is 5. The van der Waals surface area contributed by atoms with Crippen molar-refractivity contribution in [3.05, 3.63) is 0 Å². The van der Waals surface area contributed by atoms with Crippen molar-refractivity contribution in [1.82, 2.24) is 10.7 Å². The zero-order chi connectivity index (χ0) is 14.0. The molecule has 0 aromatic rings. The van der Waals surface area contributed by atoms with Gasteiger partial charge in [-0.3, -0.25) is 5.43 Å². The molecule has 1 rings (SSSR count). The molecule has 19 heavy (non-hydrogen) atoms. The van der Waals surface area contributed by atoms with Crippen LogP contribution in [0.2, 0.25) is 0 Å². The average molecular weight is 274 g/mol. The minimum Gasteiger partial charge on any atom is -0.382 e. The smallest absolute Gasteiger partial charge is 0.205 e. The molecule has 0 radical (unpaired) electrons. The van der Waals surface area contributed by atoms with E-state index in [4.69, 9.17) is 20.1 Å². The third-order valence-electron chi connectivity index (χ3n) is 3.12. The summed E-state index contributed by atoms with van der Waals surface area (Å²) in [5, 5.41) is 3.13. The van der Waals surface area contributed by atoms with Crippen LogP contribution in [-0.4, -0.2) is 58.2 Å². The highest BCUT2D eigenvalue weighted by molar-refractivity contribution is 5.79. The highest BCUT2D eigenvalue weighted by atomic mass is 16.5. The van der Waals surface area contributed by atoms with E-state index in [2.05, 4.69) is 15.7 Å². The standard InChI is InChI=1S/C12H26N4O3/c1-3-18-7-4-6-14-11(16-13)15-9-12(17-2)5-8-19-10-12/h3-10,13H2,1-2H3,(H2,14,15,16). The van der Waals surface area contributed by atoms with Gasteiger partial charge in [-0.2, -0.15) is 0 Å². The number of nitrogens with one attached hydrogen (secondary N) is 2. The summed E-state index contributed by atoms with van der Waals surface area (Å²) in [7, 11) is 1.69. The van der Waals surface area contributed by atoms with E-state index in [-0.39, 0.29) is 5.60 Å². The van der Waals surface area contributed by atoms with Gasteiger partial charge in [0.15, 0.2) is 0 Å². The van der Waals surface area contributed by atoms with E-state index >= 15 is 0 Å². The van der Waals surface area contributed by atoms with Gasteiger partial charge >= 0.3 is 0 Å². The number of rotatable bonds is 8. The van der Waals surface area contributed by atoms with Crippen molar-refractivity contribution >= 4 is 5.96 Å². The lowest BCUT2D eigenvalue weighted by molar-refractivity contribution is -0.00909. The van der Waals surface area contributed by atoms with Crippen molar-refractivity contribution in [3.8, 4) is 0 Å². The van der Waals surface area contributed by atoms with E-state index in [0.717, 1.165) is 39.2 Å². The number of nitrogens with zero attached hydrogens (tertiary/aromatic N) is 1. The SMILES string of the molecule is CCOCCCNC(=NCC1(OC)CCOC1)NN. The Morgan fingerprint density at radius 2 is 2.37 bits per heavy atom. The summed E-state index contributed by atoms with van der Waals surface area (Å²) < 4.78 is 16.1. The van der Waals surface area contributed by atoms with Gasteiger partial charge in [0.2, 0.25) is 5.96 Å². The van der Waals surface area contributed by atoms with Crippen LogP contribution in [0.25, 0.3) is 0 Å². The molecular formula is C12H26N4O3. The minimum absolute atomic E-state index is 0.310. The Labute approximate surface area is 114 Å². The van der Waals surface area contributed by atoms with Crippen LogP contribution < -0.4 is 16.6 Å². The molecule has 0 bridgehead atoms. The van der Waals surface area contributed by atoms with E-state index in [1.807, 2.05) is 6.92 Å². The van der Waals surface area contributed by atoms with Crippen LogP contribution in [0.5, 0.6) is 0 Å². The van der Waals surface area contributed by atoms with E-state index in [1.165, 1.54) is 0 Å². The summed E-state index contributed by atoms with van der Waals surface area (Å²) in [5.41, 5.74) is 2.25. The largest absolute Gasteiger partial charge is 0.382 e. The van der Waals surface area contributed by atoms with Gasteiger partial charge in [0.25, 0.3) is 0 Å². The molecule has 0 amide bonds. The molecule has 1 aliphatic rings. The van der Waals surface area contributed by atoms with Crippen molar-refractivity contribution in [2.45, 2.75) is 25.4 Å². The number of aliphatic imine (C=N–C) groups is 1. The minimum atomic E-state index is -0.310. The molecule has 0 aromatic carbocycles. The second-order valence-corrected chi connectivity index (χ2v) is 4.48. The van der Waals surface area contributed by atoms with Crippen LogP contribution in [0.3, 0.4) is 0 Å². The van der Waals surface area contributed by atoms with Gasteiger partial charge in [0.05, 0.1) is 13.2 Å². The molecule has 0 aromatic heterocycles. The van der Waals surface area contributed by atoms with Crippen LogP contribution in [0.4, 0.5) is 0 Å². The highest BCUT2D eigenvalue weighted by Gasteiger charge is 2.34. The van der Waals surface area contributed by atoms with Crippen LogP contribution in [0, 0.1) is 0 Å². The van der Waals surface area contributed by atoms with E-state index in [0.29, 0.717) is 19.1 Å². The normalized spacial score (nSPS) is 23.6. The van der Waals surface area contributed by atoms with Crippen molar-refractivity contribution in [3.63, 3.8) is 0 Å². The molecule has 1 unspecified atom stereocenters.